The lowest BCUT2D eigenvalue weighted by Crippen LogP contribution is -2.46. The number of alkyl halides is 1. The molecule has 0 spiro atoms. The van der Waals surface area contributed by atoms with Crippen molar-refractivity contribution in [3.05, 3.63) is 11.6 Å². The topological polar surface area (TPSA) is 29.5 Å². The van der Waals surface area contributed by atoms with Gasteiger partial charge in [0, 0.05) is 0 Å². The molecule has 0 radical (unpaired) electrons. The van der Waals surface area contributed by atoms with E-state index in [-0.39, 0.29) is 11.6 Å². The van der Waals surface area contributed by atoms with E-state index in [9.17, 15) is 9.50 Å². The van der Waals surface area contributed by atoms with Gasteiger partial charge in [0.25, 0.3) is 0 Å². The first-order valence-corrected chi connectivity index (χ1v) is 10.3. The molecule has 0 fully saturated rings. The highest BCUT2D eigenvalue weighted by Gasteiger charge is 2.40. The molecule has 2 atom stereocenters. The molecule has 2 nitrogen and oxygen atoms in total. The molecule has 2 unspecified atom stereocenters. The molecule has 0 bridgehead atoms. The molecule has 20 heavy (non-hydrogen) atoms. The fourth-order valence-electron chi connectivity index (χ4n) is 1.49. The molecule has 0 aromatic rings. The third kappa shape index (κ3) is 6.51. The minimum Gasteiger partial charge on any atom is -0.414 e. The van der Waals surface area contributed by atoms with Crippen LogP contribution in [0.15, 0.2) is 11.6 Å². The molecule has 0 saturated heterocycles. The third-order valence-electron chi connectivity index (χ3n) is 4.29. The summed E-state index contributed by atoms with van der Waals surface area (Å²) < 4.78 is 20.4. The highest BCUT2D eigenvalue weighted by atomic mass is 28.4. The summed E-state index contributed by atoms with van der Waals surface area (Å²) in [5, 5.41) is 10.1. The average Bonchev–Trinajstić information content (AvgIpc) is 2.23. The lowest BCUT2D eigenvalue weighted by Gasteiger charge is -2.38. The number of aliphatic hydroxyl groups is 1. The summed E-state index contributed by atoms with van der Waals surface area (Å²) in [6.07, 6.45) is 1.90. The smallest absolute Gasteiger partial charge is 0.192 e. The van der Waals surface area contributed by atoms with Crippen molar-refractivity contribution in [2.24, 2.45) is 0 Å². The minimum absolute atomic E-state index is 0.0709. The van der Waals surface area contributed by atoms with Gasteiger partial charge in [-0.3, -0.25) is 0 Å². The largest absolute Gasteiger partial charge is 0.414 e. The zero-order chi connectivity index (χ0) is 16.2. The molecule has 0 aliphatic heterocycles. The maximum atomic E-state index is 14.5. The second kappa shape index (κ2) is 7.19. The molecule has 0 aliphatic carbocycles. The molecule has 0 aliphatic rings. The van der Waals surface area contributed by atoms with Gasteiger partial charge in [0.2, 0.25) is 0 Å². The van der Waals surface area contributed by atoms with Crippen molar-refractivity contribution in [3.8, 4) is 0 Å². The molecule has 1 N–H and O–H groups in total. The lowest BCUT2D eigenvalue weighted by molar-refractivity contribution is -0.0302. The summed E-state index contributed by atoms with van der Waals surface area (Å²) in [5.74, 6) is 0. The summed E-state index contributed by atoms with van der Waals surface area (Å²) in [4.78, 5) is 0. The lowest BCUT2D eigenvalue weighted by atomic mass is 9.95. The van der Waals surface area contributed by atoms with E-state index in [4.69, 9.17) is 4.43 Å². The summed E-state index contributed by atoms with van der Waals surface area (Å²) in [5.41, 5.74) is -0.429. The Labute approximate surface area is 125 Å². The number of allylic oxidation sites excluding steroid dienone is 2. The van der Waals surface area contributed by atoms with Gasteiger partial charge in [-0.25, -0.2) is 4.39 Å². The van der Waals surface area contributed by atoms with Gasteiger partial charge in [-0.15, -0.1) is 0 Å². The van der Waals surface area contributed by atoms with Gasteiger partial charge in [-0.1, -0.05) is 32.4 Å². The predicted molar refractivity (Wildman–Crippen MR) is 87.3 cm³/mol. The minimum atomic E-state index is -1.93. The molecular weight excluding hydrogens is 271 g/mol. The van der Waals surface area contributed by atoms with E-state index in [0.717, 1.165) is 0 Å². The van der Waals surface area contributed by atoms with Gasteiger partial charge in [-0.2, -0.15) is 0 Å². The Morgan fingerprint density at radius 3 is 2.15 bits per heavy atom. The Morgan fingerprint density at radius 2 is 1.75 bits per heavy atom. The molecule has 0 rings (SSSR count). The highest BCUT2D eigenvalue weighted by Crippen LogP contribution is 2.37. The maximum absolute atomic E-state index is 14.5. The van der Waals surface area contributed by atoms with Crippen molar-refractivity contribution < 1.29 is 13.9 Å². The number of halogens is 1. The first-order chi connectivity index (χ1) is 8.79. The normalized spacial score (nSPS) is 17.5. The predicted octanol–water partition coefficient (Wildman–Crippen LogP) is 4.84. The Kier molecular flexibility index (Phi) is 7.12. The van der Waals surface area contributed by atoms with Gasteiger partial charge in [0.05, 0.1) is 6.61 Å². The Bertz CT molecular complexity index is 326. The summed E-state index contributed by atoms with van der Waals surface area (Å²) in [6, 6.07) is 0. The molecule has 120 valence electrons. The maximum Gasteiger partial charge on any atom is 0.192 e. The van der Waals surface area contributed by atoms with Crippen LogP contribution in [0.2, 0.25) is 18.1 Å². The van der Waals surface area contributed by atoms with Crippen molar-refractivity contribution in [2.45, 2.75) is 84.3 Å². The molecule has 0 aromatic carbocycles. The van der Waals surface area contributed by atoms with Gasteiger partial charge in [-0.05, 0) is 51.7 Å². The van der Waals surface area contributed by atoms with Crippen molar-refractivity contribution in [2.75, 3.05) is 6.61 Å². The van der Waals surface area contributed by atoms with Gasteiger partial charge < -0.3 is 9.53 Å². The zero-order valence-electron chi connectivity index (χ0n) is 14.5. The van der Waals surface area contributed by atoms with Crippen molar-refractivity contribution >= 4 is 8.32 Å². The Hall–Kier alpha value is -0.193. The third-order valence-corrected chi connectivity index (χ3v) is 8.79. The number of hydrogen-bond acceptors (Lipinski definition) is 2. The van der Waals surface area contributed by atoms with Crippen LogP contribution >= 0.6 is 0 Å². The monoisotopic (exact) mass is 304 g/mol. The van der Waals surface area contributed by atoms with Crippen LogP contribution in [0.5, 0.6) is 0 Å². The van der Waals surface area contributed by atoms with Crippen molar-refractivity contribution in [3.63, 3.8) is 0 Å². The molecular formula is C16H33FO2Si. The van der Waals surface area contributed by atoms with Crippen molar-refractivity contribution in [1.29, 1.82) is 0 Å². The highest BCUT2D eigenvalue weighted by molar-refractivity contribution is 6.74. The van der Waals surface area contributed by atoms with Gasteiger partial charge in [0.1, 0.15) is 11.8 Å². The zero-order valence-corrected chi connectivity index (χ0v) is 15.5. The van der Waals surface area contributed by atoms with Crippen LogP contribution in [-0.4, -0.2) is 31.8 Å². The van der Waals surface area contributed by atoms with Crippen LogP contribution in [0.25, 0.3) is 0 Å². The van der Waals surface area contributed by atoms with E-state index >= 15 is 0 Å². The first-order valence-electron chi connectivity index (χ1n) is 7.44. The number of rotatable bonds is 7. The van der Waals surface area contributed by atoms with E-state index < -0.39 is 20.1 Å². The van der Waals surface area contributed by atoms with Gasteiger partial charge >= 0.3 is 0 Å². The average molecular weight is 305 g/mol. The molecule has 0 saturated carbocycles. The van der Waals surface area contributed by atoms with Gasteiger partial charge in [0.15, 0.2) is 8.32 Å². The van der Waals surface area contributed by atoms with E-state index in [1.54, 1.807) is 0 Å². The van der Waals surface area contributed by atoms with E-state index in [2.05, 4.69) is 33.9 Å². The fraction of sp³-hybridized carbons (Fsp3) is 0.875. The molecule has 0 aromatic heterocycles. The Balaban J connectivity index is 4.45. The SMILES string of the molecule is CC(C)=CCCC(C)(F)C(O)CO[Si](C)(C)C(C)(C)C. The number of aliphatic hydroxyl groups excluding tert-OH is 1. The number of hydrogen-bond donors (Lipinski definition) is 1. The van der Waals surface area contributed by atoms with Crippen LogP contribution in [0.3, 0.4) is 0 Å². The van der Waals surface area contributed by atoms with Crippen LogP contribution in [0, 0.1) is 0 Å². The molecule has 0 amide bonds. The van der Waals surface area contributed by atoms with Crippen LogP contribution in [0.4, 0.5) is 4.39 Å². The van der Waals surface area contributed by atoms with Crippen LogP contribution < -0.4 is 0 Å². The second-order valence-corrected chi connectivity index (χ2v) is 12.5. The van der Waals surface area contributed by atoms with Crippen LogP contribution in [0.1, 0.15) is 54.4 Å². The molecule has 0 heterocycles. The standard InChI is InChI=1S/C16H33FO2Si/c1-13(2)10-9-11-16(6,17)14(18)12-19-20(7,8)15(3,4)5/h10,14,18H,9,11-12H2,1-8H3. The van der Waals surface area contributed by atoms with Crippen LogP contribution in [-0.2, 0) is 4.43 Å². The molecule has 4 heteroatoms. The fourth-order valence-corrected chi connectivity index (χ4v) is 2.49. The van der Waals surface area contributed by atoms with E-state index in [0.29, 0.717) is 12.8 Å². The van der Waals surface area contributed by atoms with E-state index in [1.807, 2.05) is 19.9 Å². The summed E-state index contributed by atoms with van der Waals surface area (Å²) in [6.45, 7) is 16.2. The van der Waals surface area contributed by atoms with Crippen molar-refractivity contribution in [1.82, 2.24) is 0 Å². The summed E-state index contributed by atoms with van der Waals surface area (Å²) >= 11 is 0. The second-order valence-electron chi connectivity index (χ2n) is 7.69. The van der Waals surface area contributed by atoms with E-state index in [1.165, 1.54) is 12.5 Å². The Morgan fingerprint density at radius 1 is 1.25 bits per heavy atom. The first kappa shape index (κ1) is 19.8. The summed E-state index contributed by atoms with van der Waals surface area (Å²) in [7, 11) is -1.93. The quantitative estimate of drug-likeness (QED) is 0.538.